The van der Waals surface area contributed by atoms with Crippen LogP contribution in [0.15, 0.2) is 16.7 Å². The molecule has 2 aliphatic rings. The number of aromatic nitrogens is 2. The van der Waals surface area contributed by atoms with Crippen LogP contribution in [0.25, 0.3) is 28.8 Å². The molecule has 0 atom stereocenters. The van der Waals surface area contributed by atoms with Crippen LogP contribution in [0.2, 0.25) is 0 Å². The van der Waals surface area contributed by atoms with Crippen molar-refractivity contribution in [2.24, 2.45) is 0 Å². The van der Waals surface area contributed by atoms with E-state index in [9.17, 15) is 4.79 Å². The molecule has 0 unspecified atom stereocenters. The average molecular weight is 316 g/mol. The minimum atomic E-state index is -0.516. The highest BCUT2D eigenvalue weighted by Crippen LogP contribution is 2.45. The van der Waals surface area contributed by atoms with E-state index in [-0.39, 0.29) is 17.9 Å². The number of hydrogen-bond acceptors (Lipinski definition) is 6. The molecule has 0 aromatic heterocycles. The maximum Gasteiger partial charge on any atom is 0.342 e. The van der Waals surface area contributed by atoms with Gasteiger partial charge in [0.25, 0.3) is 0 Å². The SMILES string of the molecule is C=c1cc2[nH]ncc3c(C(=O)OCC)c(OC)c(OC)c(o1)c3-2. The molecule has 23 heavy (non-hydrogen) atoms. The van der Waals surface area contributed by atoms with Crippen molar-refractivity contribution in [2.45, 2.75) is 6.92 Å². The van der Waals surface area contributed by atoms with Crippen LogP contribution in [-0.4, -0.2) is 37.0 Å². The van der Waals surface area contributed by atoms with Crippen LogP contribution in [0.1, 0.15) is 17.3 Å². The first-order chi connectivity index (χ1) is 11.1. The Morgan fingerprint density at radius 2 is 2.09 bits per heavy atom. The van der Waals surface area contributed by atoms with Gasteiger partial charge < -0.3 is 18.6 Å². The summed E-state index contributed by atoms with van der Waals surface area (Å²) >= 11 is 0. The zero-order valence-corrected chi connectivity index (χ0v) is 13.1. The predicted molar refractivity (Wildman–Crippen MR) is 83.6 cm³/mol. The van der Waals surface area contributed by atoms with E-state index in [1.807, 2.05) is 0 Å². The van der Waals surface area contributed by atoms with Gasteiger partial charge in [-0.2, -0.15) is 5.10 Å². The number of carbonyl (C=O) groups excluding carboxylic acids is 1. The molecule has 7 nitrogen and oxygen atoms in total. The third kappa shape index (κ3) is 2.21. The number of hydrogen-bond donors (Lipinski definition) is 1. The number of benzene rings is 1. The Hall–Kier alpha value is -2.96. The number of rotatable bonds is 4. The Kier molecular flexibility index (Phi) is 3.69. The van der Waals surface area contributed by atoms with Crippen LogP contribution in [0.5, 0.6) is 11.5 Å². The lowest BCUT2D eigenvalue weighted by atomic mass is 9.98. The smallest absolute Gasteiger partial charge is 0.342 e. The van der Waals surface area contributed by atoms with E-state index in [1.165, 1.54) is 20.4 Å². The summed E-state index contributed by atoms with van der Waals surface area (Å²) in [6.45, 7) is 5.78. The Morgan fingerprint density at radius 3 is 2.74 bits per heavy atom. The monoisotopic (exact) mass is 316 g/mol. The van der Waals surface area contributed by atoms with Gasteiger partial charge in [-0.05, 0) is 6.92 Å². The minimum absolute atomic E-state index is 0.238. The number of ether oxygens (including phenoxy) is 3. The van der Waals surface area contributed by atoms with Gasteiger partial charge in [0.15, 0.2) is 11.3 Å². The van der Waals surface area contributed by atoms with E-state index >= 15 is 0 Å². The average Bonchev–Trinajstić information content (AvgIpc) is 2.54. The molecule has 3 rings (SSSR count). The molecule has 7 heteroatoms. The van der Waals surface area contributed by atoms with Gasteiger partial charge in [0, 0.05) is 11.5 Å². The van der Waals surface area contributed by atoms with Gasteiger partial charge in [-0.25, -0.2) is 4.79 Å². The Morgan fingerprint density at radius 1 is 1.35 bits per heavy atom. The second-order valence-electron chi connectivity index (χ2n) is 4.78. The standard InChI is InChI=1S/C16H16N2O5/c1-5-22-16(19)12-9-7-17-18-10-6-8(2)23-14(11(9)10)15(21-4)13(12)20-3/h6-7,18H,2,5H2,1,3-4H3. The first kappa shape index (κ1) is 15.0. The molecule has 1 aromatic carbocycles. The zero-order chi connectivity index (χ0) is 16.6. The summed E-state index contributed by atoms with van der Waals surface area (Å²) in [7, 11) is 2.93. The van der Waals surface area contributed by atoms with Crippen molar-refractivity contribution in [3.63, 3.8) is 0 Å². The van der Waals surface area contributed by atoms with E-state index in [0.29, 0.717) is 33.4 Å². The maximum atomic E-state index is 12.4. The molecule has 0 amide bonds. The molecule has 0 radical (unpaired) electrons. The summed E-state index contributed by atoms with van der Waals surface area (Å²) in [5.41, 5.74) is 2.42. The summed E-state index contributed by atoms with van der Waals surface area (Å²) in [6.07, 6.45) is 1.53. The number of esters is 1. The molecule has 0 aliphatic carbocycles. The number of aromatic amines is 1. The molecule has 0 saturated carbocycles. The summed E-state index contributed by atoms with van der Waals surface area (Å²) in [6, 6.07) is 1.70. The summed E-state index contributed by atoms with van der Waals surface area (Å²) in [5.74, 6) is 0.0257. The van der Waals surface area contributed by atoms with Crippen LogP contribution >= 0.6 is 0 Å². The van der Waals surface area contributed by atoms with Crippen LogP contribution < -0.4 is 14.9 Å². The van der Waals surface area contributed by atoms with Crippen molar-refractivity contribution < 1.29 is 23.4 Å². The fourth-order valence-electron chi connectivity index (χ4n) is 2.63. The van der Waals surface area contributed by atoms with Crippen molar-refractivity contribution in [3.05, 3.63) is 23.2 Å². The first-order valence-corrected chi connectivity index (χ1v) is 6.99. The quantitative estimate of drug-likeness (QED) is 0.742. The number of nitrogens with one attached hydrogen (secondary N) is 1. The number of H-pyrrole nitrogens is 1. The van der Waals surface area contributed by atoms with Crippen molar-refractivity contribution in [1.82, 2.24) is 10.2 Å². The van der Waals surface area contributed by atoms with E-state index < -0.39 is 5.97 Å². The van der Waals surface area contributed by atoms with Gasteiger partial charge >= 0.3 is 5.97 Å². The molecule has 1 aromatic rings. The van der Waals surface area contributed by atoms with Crippen molar-refractivity contribution in [2.75, 3.05) is 20.8 Å². The lowest BCUT2D eigenvalue weighted by Crippen LogP contribution is -2.12. The highest BCUT2D eigenvalue weighted by molar-refractivity contribution is 6.11. The lowest BCUT2D eigenvalue weighted by Gasteiger charge is -2.19. The topological polar surface area (TPSA) is 86.6 Å². The van der Waals surface area contributed by atoms with Crippen LogP contribution in [0, 0.1) is 0 Å². The first-order valence-electron chi connectivity index (χ1n) is 6.99. The molecule has 2 aliphatic heterocycles. The predicted octanol–water partition coefficient (Wildman–Crippen LogP) is 2.15. The fraction of sp³-hybridized carbons (Fsp3) is 0.250. The molecular formula is C16H16N2O5. The molecule has 120 valence electrons. The molecular weight excluding hydrogens is 300 g/mol. The summed E-state index contributed by atoms with van der Waals surface area (Å²) in [4.78, 5) is 12.4. The van der Waals surface area contributed by atoms with E-state index in [2.05, 4.69) is 16.8 Å². The molecule has 0 spiro atoms. The van der Waals surface area contributed by atoms with Crippen molar-refractivity contribution in [1.29, 1.82) is 0 Å². The van der Waals surface area contributed by atoms with E-state index in [4.69, 9.17) is 18.6 Å². The van der Waals surface area contributed by atoms with Gasteiger partial charge in [0.05, 0.1) is 38.3 Å². The largest absolute Gasteiger partial charge is 0.492 e. The Balaban J connectivity index is 2.53. The minimum Gasteiger partial charge on any atom is -0.492 e. The van der Waals surface area contributed by atoms with Crippen molar-refractivity contribution in [3.8, 4) is 22.8 Å². The highest BCUT2D eigenvalue weighted by atomic mass is 16.5. The molecule has 1 N–H and O–H groups in total. The van der Waals surface area contributed by atoms with Crippen LogP contribution in [-0.2, 0) is 4.74 Å². The molecule has 0 saturated heterocycles. The molecule has 0 bridgehead atoms. The number of carbonyl (C=O) groups is 1. The van der Waals surface area contributed by atoms with Gasteiger partial charge in [-0.15, -0.1) is 0 Å². The lowest BCUT2D eigenvalue weighted by molar-refractivity contribution is 0.0524. The van der Waals surface area contributed by atoms with E-state index in [1.54, 1.807) is 13.0 Å². The van der Waals surface area contributed by atoms with Crippen LogP contribution in [0.3, 0.4) is 0 Å². The van der Waals surface area contributed by atoms with E-state index in [0.717, 1.165) is 0 Å². The van der Waals surface area contributed by atoms with Gasteiger partial charge in [0.2, 0.25) is 5.75 Å². The van der Waals surface area contributed by atoms with Crippen molar-refractivity contribution >= 4 is 23.5 Å². The van der Waals surface area contributed by atoms with Crippen LogP contribution in [0.4, 0.5) is 0 Å². The normalized spacial score (nSPS) is 10.9. The maximum absolute atomic E-state index is 12.4. The summed E-state index contributed by atoms with van der Waals surface area (Å²) < 4.78 is 21.7. The van der Waals surface area contributed by atoms with Gasteiger partial charge in [-0.1, -0.05) is 6.58 Å². The fourth-order valence-corrected chi connectivity index (χ4v) is 2.63. The summed E-state index contributed by atoms with van der Waals surface area (Å²) in [5, 5.41) is 7.50. The molecule has 2 heterocycles. The number of nitrogens with zero attached hydrogens (tertiary/aromatic N) is 1. The zero-order valence-electron chi connectivity index (χ0n) is 13.1. The highest BCUT2D eigenvalue weighted by Gasteiger charge is 2.29. The second kappa shape index (κ2) is 5.68. The Labute approximate surface area is 131 Å². The number of methoxy groups -OCH3 is 2. The molecule has 0 fully saturated rings. The second-order valence-corrected chi connectivity index (χ2v) is 4.78. The van der Waals surface area contributed by atoms with Gasteiger partial charge in [0.1, 0.15) is 11.0 Å². The third-order valence-electron chi connectivity index (χ3n) is 3.48. The third-order valence-corrected chi connectivity index (χ3v) is 3.48. The van der Waals surface area contributed by atoms with Gasteiger partial charge in [-0.3, -0.25) is 5.10 Å². The Bertz CT molecular complexity index is 909.